The van der Waals surface area contributed by atoms with Gasteiger partial charge in [-0.3, -0.25) is 19.5 Å². The van der Waals surface area contributed by atoms with Gasteiger partial charge in [-0.25, -0.2) is 0 Å². The first-order chi connectivity index (χ1) is 16.5. The Morgan fingerprint density at radius 1 is 0.941 bits per heavy atom. The number of carbonyl (C=O) groups is 2. The first-order valence-corrected chi connectivity index (χ1v) is 11.6. The topological polar surface area (TPSA) is 77.6 Å². The average Bonchev–Trinajstić information content (AvgIpc) is 2.87. The van der Waals surface area contributed by atoms with Crippen LogP contribution >= 0.6 is 0 Å². The summed E-state index contributed by atoms with van der Waals surface area (Å²) < 4.78 is 0. The van der Waals surface area contributed by atoms with Crippen molar-refractivity contribution in [3.05, 3.63) is 89.7 Å². The van der Waals surface area contributed by atoms with Crippen LogP contribution < -0.4 is 15.5 Å². The van der Waals surface area contributed by atoms with Crippen molar-refractivity contribution in [3.63, 3.8) is 0 Å². The molecule has 4 rings (SSSR count). The summed E-state index contributed by atoms with van der Waals surface area (Å²) in [5.41, 5.74) is 4.91. The van der Waals surface area contributed by atoms with Crippen molar-refractivity contribution >= 4 is 23.2 Å². The molecule has 1 aromatic heterocycles. The monoisotopic (exact) mass is 457 g/mol. The van der Waals surface area contributed by atoms with E-state index in [0.29, 0.717) is 12.2 Å². The second-order valence-electron chi connectivity index (χ2n) is 8.64. The van der Waals surface area contributed by atoms with Gasteiger partial charge < -0.3 is 15.5 Å². The molecule has 0 radical (unpaired) electrons. The number of piperazine rings is 1. The van der Waals surface area contributed by atoms with E-state index < -0.39 is 11.8 Å². The van der Waals surface area contributed by atoms with Crippen molar-refractivity contribution in [2.45, 2.75) is 19.9 Å². The number of benzene rings is 2. The first kappa shape index (κ1) is 23.4. The molecule has 34 heavy (non-hydrogen) atoms. The van der Waals surface area contributed by atoms with Gasteiger partial charge in [0.2, 0.25) is 0 Å². The van der Waals surface area contributed by atoms with Crippen molar-refractivity contribution < 1.29 is 9.59 Å². The predicted molar refractivity (Wildman–Crippen MR) is 135 cm³/mol. The Morgan fingerprint density at radius 2 is 1.71 bits per heavy atom. The van der Waals surface area contributed by atoms with E-state index in [1.165, 1.54) is 5.69 Å². The molecular weight excluding hydrogens is 426 g/mol. The van der Waals surface area contributed by atoms with Crippen LogP contribution in [0.3, 0.4) is 0 Å². The van der Waals surface area contributed by atoms with Gasteiger partial charge in [0.05, 0.1) is 6.04 Å². The third-order valence-corrected chi connectivity index (χ3v) is 6.24. The number of hydrogen-bond donors (Lipinski definition) is 2. The number of amides is 2. The molecule has 2 aromatic carbocycles. The standard InChI is InChI=1S/C27H31N5O2/c1-20-10-11-24(21(2)17-20)30-27(34)26(33)29-19-25(22-7-6-12-28-18-22)32-15-13-31(14-16-32)23-8-4-3-5-9-23/h3-12,17-18,25H,13-16,19H2,1-2H3,(H,29,33)(H,30,34). The second-order valence-corrected chi connectivity index (χ2v) is 8.64. The minimum Gasteiger partial charge on any atom is -0.369 e. The fraction of sp³-hybridized carbons (Fsp3) is 0.296. The highest BCUT2D eigenvalue weighted by Crippen LogP contribution is 2.23. The van der Waals surface area contributed by atoms with Crippen LogP contribution in [0.4, 0.5) is 11.4 Å². The number of rotatable bonds is 6. The van der Waals surface area contributed by atoms with Gasteiger partial charge >= 0.3 is 11.8 Å². The lowest BCUT2D eigenvalue weighted by Gasteiger charge is -2.40. The smallest absolute Gasteiger partial charge is 0.313 e. The van der Waals surface area contributed by atoms with Crippen molar-refractivity contribution in [2.24, 2.45) is 0 Å². The Morgan fingerprint density at radius 3 is 2.38 bits per heavy atom. The highest BCUT2D eigenvalue weighted by molar-refractivity contribution is 6.39. The predicted octanol–water partition coefficient (Wildman–Crippen LogP) is 3.32. The van der Waals surface area contributed by atoms with Crippen LogP contribution in [0.15, 0.2) is 73.1 Å². The van der Waals surface area contributed by atoms with Gasteiger partial charge in [-0.05, 0) is 49.2 Å². The van der Waals surface area contributed by atoms with Crippen LogP contribution in [-0.2, 0) is 9.59 Å². The molecule has 0 aliphatic carbocycles. The fourth-order valence-corrected chi connectivity index (χ4v) is 4.36. The summed E-state index contributed by atoms with van der Waals surface area (Å²) in [5, 5.41) is 5.56. The van der Waals surface area contributed by atoms with Crippen LogP contribution in [-0.4, -0.2) is 54.4 Å². The third-order valence-electron chi connectivity index (χ3n) is 6.24. The van der Waals surface area contributed by atoms with Crippen LogP contribution in [0.25, 0.3) is 0 Å². The summed E-state index contributed by atoms with van der Waals surface area (Å²) in [7, 11) is 0. The van der Waals surface area contributed by atoms with E-state index >= 15 is 0 Å². The van der Waals surface area contributed by atoms with E-state index in [4.69, 9.17) is 0 Å². The molecule has 3 aromatic rings. The van der Waals surface area contributed by atoms with E-state index in [9.17, 15) is 9.59 Å². The summed E-state index contributed by atoms with van der Waals surface area (Å²) in [4.78, 5) is 34.1. The summed E-state index contributed by atoms with van der Waals surface area (Å²) in [6, 6.07) is 19.9. The highest BCUT2D eigenvalue weighted by atomic mass is 16.2. The number of hydrogen-bond acceptors (Lipinski definition) is 5. The maximum Gasteiger partial charge on any atom is 0.313 e. The van der Waals surface area contributed by atoms with Gasteiger partial charge in [0.15, 0.2) is 0 Å². The Labute approximate surface area is 200 Å². The number of carbonyl (C=O) groups excluding carboxylic acids is 2. The zero-order valence-corrected chi connectivity index (χ0v) is 19.7. The van der Waals surface area contributed by atoms with E-state index in [1.807, 2.05) is 56.4 Å². The molecule has 2 N–H and O–H groups in total. The van der Waals surface area contributed by atoms with E-state index in [0.717, 1.165) is 42.9 Å². The molecule has 7 heteroatoms. The molecule has 0 spiro atoms. The lowest BCUT2D eigenvalue weighted by Crippen LogP contribution is -2.50. The number of nitrogens with one attached hydrogen (secondary N) is 2. The Hall–Kier alpha value is -3.71. The maximum atomic E-state index is 12.6. The molecule has 1 unspecified atom stereocenters. The molecule has 0 bridgehead atoms. The number of pyridine rings is 1. The molecule has 0 saturated carbocycles. The molecule has 2 heterocycles. The number of aromatic nitrogens is 1. The van der Waals surface area contributed by atoms with Gasteiger partial charge in [-0.2, -0.15) is 0 Å². The van der Waals surface area contributed by atoms with Crippen molar-refractivity contribution in [1.82, 2.24) is 15.2 Å². The Balaban J connectivity index is 1.39. The quantitative estimate of drug-likeness (QED) is 0.556. The number of aryl methyl sites for hydroxylation is 2. The van der Waals surface area contributed by atoms with Crippen molar-refractivity contribution in [2.75, 3.05) is 42.9 Å². The van der Waals surface area contributed by atoms with E-state index in [2.05, 4.69) is 49.7 Å². The average molecular weight is 458 g/mol. The van der Waals surface area contributed by atoms with Crippen LogP contribution in [0.5, 0.6) is 0 Å². The molecule has 1 aliphatic heterocycles. The SMILES string of the molecule is Cc1ccc(NC(=O)C(=O)NCC(c2cccnc2)N2CCN(c3ccccc3)CC2)c(C)c1. The van der Waals surface area contributed by atoms with Gasteiger partial charge in [0.1, 0.15) is 0 Å². The Bertz CT molecular complexity index is 1110. The van der Waals surface area contributed by atoms with E-state index in [1.54, 1.807) is 6.20 Å². The van der Waals surface area contributed by atoms with Crippen LogP contribution in [0.1, 0.15) is 22.7 Å². The molecule has 7 nitrogen and oxygen atoms in total. The zero-order valence-electron chi connectivity index (χ0n) is 19.7. The molecular formula is C27H31N5O2. The minimum absolute atomic E-state index is 0.0653. The third kappa shape index (κ3) is 5.80. The lowest BCUT2D eigenvalue weighted by atomic mass is 10.1. The second kappa shape index (κ2) is 10.9. The largest absolute Gasteiger partial charge is 0.369 e. The summed E-state index contributed by atoms with van der Waals surface area (Å²) in [6.07, 6.45) is 3.57. The van der Waals surface area contributed by atoms with Crippen molar-refractivity contribution in [1.29, 1.82) is 0 Å². The molecule has 2 amide bonds. The lowest BCUT2D eigenvalue weighted by molar-refractivity contribution is -0.136. The Kier molecular flexibility index (Phi) is 7.54. The zero-order chi connectivity index (χ0) is 23.9. The van der Waals surface area contributed by atoms with Gasteiger partial charge in [0, 0.05) is 56.5 Å². The normalized spacial score (nSPS) is 14.9. The van der Waals surface area contributed by atoms with Gasteiger partial charge in [-0.15, -0.1) is 0 Å². The molecule has 1 aliphatic rings. The highest BCUT2D eigenvalue weighted by Gasteiger charge is 2.27. The fourth-order valence-electron chi connectivity index (χ4n) is 4.36. The van der Waals surface area contributed by atoms with E-state index in [-0.39, 0.29) is 6.04 Å². The van der Waals surface area contributed by atoms with Gasteiger partial charge in [0.25, 0.3) is 0 Å². The summed E-state index contributed by atoms with van der Waals surface area (Å²) >= 11 is 0. The molecule has 1 saturated heterocycles. The first-order valence-electron chi connectivity index (χ1n) is 11.6. The molecule has 1 fully saturated rings. The van der Waals surface area contributed by atoms with Gasteiger partial charge in [-0.1, -0.05) is 42.0 Å². The number of nitrogens with zero attached hydrogens (tertiary/aromatic N) is 3. The summed E-state index contributed by atoms with van der Waals surface area (Å²) in [6.45, 7) is 7.70. The van der Waals surface area contributed by atoms with Crippen LogP contribution in [0.2, 0.25) is 0 Å². The number of anilines is 2. The molecule has 1 atom stereocenters. The van der Waals surface area contributed by atoms with Crippen LogP contribution in [0, 0.1) is 13.8 Å². The maximum absolute atomic E-state index is 12.6. The molecule has 176 valence electrons. The summed E-state index contributed by atoms with van der Waals surface area (Å²) in [5.74, 6) is -1.30. The van der Waals surface area contributed by atoms with Crippen molar-refractivity contribution in [3.8, 4) is 0 Å². The minimum atomic E-state index is -0.661. The number of para-hydroxylation sites is 1.